The molecule has 3 heterocycles. The molecule has 3 unspecified atom stereocenters. The molecular weight excluding hydrogens is 582 g/mol. The van der Waals surface area contributed by atoms with Gasteiger partial charge in [-0.25, -0.2) is 4.90 Å². The summed E-state index contributed by atoms with van der Waals surface area (Å²) in [5, 5.41) is 3.04. The Kier molecular flexibility index (Phi) is 7.23. The standard InChI is InChI=1S/C30H24ClN3O5S2/c1-16-6-5-7-18(14-16)32-22(35)15-33-29-26(41-30(33)38)23(20-8-3-4-9-21(20)39-2)24-25(40-29)28(37)34(27(24)36)19-12-10-17(31)11-13-19/h3-14,23-25H,15H2,1-2H3,(H,32,35). The molecule has 8 nitrogen and oxygen atoms in total. The average Bonchev–Trinajstić information content (AvgIpc) is 3.39. The monoisotopic (exact) mass is 605 g/mol. The second kappa shape index (κ2) is 10.8. The van der Waals surface area contributed by atoms with Crippen molar-refractivity contribution >= 4 is 63.8 Å². The van der Waals surface area contributed by atoms with Gasteiger partial charge in [-0.05, 0) is 55.0 Å². The number of anilines is 2. The number of amides is 3. The molecule has 0 radical (unpaired) electrons. The fourth-order valence-electron chi connectivity index (χ4n) is 5.43. The number of thioether (sulfide) groups is 1. The molecule has 0 aliphatic carbocycles. The van der Waals surface area contributed by atoms with Crippen molar-refractivity contribution in [1.29, 1.82) is 0 Å². The van der Waals surface area contributed by atoms with Gasteiger partial charge in [0.05, 0.1) is 23.7 Å². The number of nitrogens with one attached hydrogen (secondary N) is 1. The summed E-state index contributed by atoms with van der Waals surface area (Å²) in [5.41, 5.74) is 2.74. The van der Waals surface area contributed by atoms with Crippen molar-refractivity contribution in [3.63, 3.8) is 0 Å². The number of carbonyl (C=O) groups is 3. The molecule has 0 spiro atoms. The minimum atomic E-state index is -0.805. The van der Waals surface area contributed by atoms with E-state index in [0.717, 1.165) is 16.9 Å². The topological polar surface area (TPSA) is 97.7 Å². The number of fused-ring (bicyclic) bond motifs is 2. The Morgan fingerprint density at radius 3 is 2.49 bits per heavy atom. The highest BCUT2D eigenvalue weighted by atomic mass is 35.5. The zero-order valence-electron chi connectivity index (χ0n) is 22.0. The maximum atomic E-state index is 14.0. The predicted octanol–water partition coefficient (Wildman–Crippen LogP) is 5.31. The zero-order chi connectivity index (χ0) is 28.8. The van der Waals surface area contributed by atoms with Crippen LogP contribution in [0.2, 0.25) is 5.02 Å². The summed E-state index contributed by atoms with van der Waals surface area (Å²) in [6, 6.07) is 21.2. The predicted molar refractivity (Wildman–Crippen MR) is 160 cm³/mol. The number of ether oxygens (including phenoxy) is 1. The third-order valence-corrected chi connectivity index (χ3v) is 10.1. The van der Waals surface area contributed by atoms with Crippen molar-refractivity contribution in [1.82, 2.24) is 4.57 Å². The molecule has 41 heavy (non-hydrogen) atoms. The summed E-state index contributed by atoms with van der Waals surface area (Å²) < 4.78 is 7.05. The Labute approximate surface area is 248 Å². The maximum absolute atomic E-state index is 14.0. The zero-order valence-corrected chi connectivity index (χ0v) is 24.4. The molecule has 2 aliphatic rings. The van der Waals surface area contributed by atoms with E-state index in [0.29, 0.717) is 37.6 Å². The van der Waals surface area contributed by atoms with E-state index in [1.807, 2.05) is 43.3 Å². The molecule has 0 saturated carbocycles. The molecule has 0 bridgehead atoms. The fourth-order valence-corrected chi connectivity index (χ4v) is 8.32. The highest BCUT2D eigenvalue weighted by molar-refractivity contribution is 8.00. The molecule has 1 N–H and O–H groups in total. The first-order valence-corrected chi connectivity index (χ1v) is 14.9. The lowest BCUT2D eigenvalue weighted by Crippen LogP contribution is -2.33. The van der Waals surface area contributed by atoms with Crippen molar-refractivity contribution in [3.8, 4) is 5.75 Å². The van der Waals surface area contributed by atoms with E-state index in [1.54, 1.807) is 43.5 Å². The van der Waals surface area contributed by atoms with Gasteiger partial charge < -0.3 is 10.1 Å². The van der Waals surface area contributed by atoms with Gasteiger partial charge >= 0.3 is 4.87 Å². The highest BCUT2D eigenvalue weighted by Crippen LogP contribution is 2.55. The van der Waals surface area contributed by atoms with E-state index in [1.165, 1.54) is 21.2 Å². The molecule has 11 heteroatoms. The van der Waals surface area contributed by atoms with Crippen LogP contribution in [0.25, 0.3) is 0 Å². The minimum Gasteiger partial charge on any atom is -0.496 e. The third kappa shape index (κ3) is 4.86. The number of hydrogen-bond acceptors (Lipinski definition) is 7. The molecule has 1 aromatic heterocycles. The van der Waals surface area contributed by atoms with E-state index in [-0.39, 0.29) is 29.1 Å². The first-order chi connectivity index (χ1) is 19.8. The lowest BCUT2D eigenvalue weighted by Gasteiger charge is -2.31. The molecule has 1 fully saturated rings. The summed E-state index contributed by atoms with van der Waals surface area (Å²) in [7, 11) is 1.54. The average molecular weight is 606 g/mol. The molecule has 3 amide bonds. The van der Waals surface area contributed by atoms with E-state index >= 15 is 0 Å². The largest absolute Gasteiger partial charge is 0.496 e. The summed E-state index contributed by atoms with van der Waals surface area (Å²) in [6.07, 6.45) is 0. The maximum Gasteiger partial charge on any atom is 0.308 e. The van der Waals surface area contributed by atoms with Crippen molar-refractivity contribution in [2.24, 2.45) is 5.92 Å². The van der Waals surface area contributed by atoms with Crippen LogP contribution in [0.4, 0.5) is 11.4 Å². The van der Waals surface area contributed by atoms with Crippen LogP contribution in [0, 0.1) is 12.8 Å². The molecule has 4 aromatic rings. The Balaban J connectivity index is 1.43. The number of para-hydroxylation sites is 1. The Bertz CT molecular complexity index is 1750. The van der Waals surface area contributed by atoms with Gasteiger partial charge in [-0.15, -0.1) is 0 Å². The number of nitrogens with zero attached hydrogens (tertiary/aromatic N) is 2. The number of benzene rings is 3. The molecule has 3 aromatic carbocycles. The van der Waals surface area contributed by atoms with E-state index < -0.39 is 17.1 Å². The second-order valence-corrected chi connectivity index (χ2v) is 12.4. The number of halogens is 1. The number of carbonyl (C=O) groups excluding carboxylic acids is 3. The quantitative estimate of drug-likeness (QED) is 0.299. The second-order valence-electron chi connectivity index (χ2n) is 9.81. The number of thiazole rings is 1. The van der Waals surface area contributed by atoms with Crippen LogP contribution < -0.4 is 19.8 Å². The number of imide groups is 1. The first kappa shape index (κ1) is 27.3. The van der Waals surface area contributed by atoms with Crippen molar-refractivity contribution in [2.75, 3.05) is 17.3 Å². The van der Waals surface area contributed by atoms with Crippen molar-refractivity contribution < 1.29 is 19.1 Å². The van der Waals surface area contributed by atoms with Crippen LogP contribution in [-0.4, -0.2) is 34.6 Å². The molecule has 6 rings (SSSR count). The number of rotatable bonds is 6. The molecule has 208 valence electrons. The summed E-state index contributed by atoms with van der Waals surface area (Å²) >= 11 is 8.22. The number of aryl methyl sites for hydroxylation is 1. The van der Waals surface area contributed by atoms with Crippen LogP contribution in [0.1, 0.15) is 21.9 Å². The Morgan fingerprint density at radius 1 is 1.00 bits per heavy atom. The van der Waals surface area contributed by atoms with Crippen LogP contribution in [0.15, 0.2) is 82.6 Å². The van der Waals surface area contributed by atoms with Crippen LogP contribution in [0.3, 0.4) is 0 Å². The first-order valence-electron chi connectivity index (χ1n) is 12.8. The van der Waals surface area contributed by atoms with Crippen LogP contribution >= 0.6 is 34.7 Å². The number of hydrogen-bond donors (Lipinski definition) is 1. The molecule has 3 atom stereocenters. The van der Waals surface area contributed by atoms with Gasteiger partial charge in [0, 0.05) is 27.1 Å². The lowest BCUT2D eigenvalue weighted by molar-refractivity contribution is -0.122. The third-order valence-electron chi connectivity index (χ3n) is 7.21. The van der Waals surface area contributed by atoms with Gasteiger partial charge in [0.1, 0.15) is 17.5 Å². The van der Waals surface area contributed by atoms with Crippen LogP contribution in [0.5, 0.6) is 5.75 Å². The molecular formula is C30H24ClN3O5S2. The van der Waals surface area contributed by atoms with E-state index in [4.69, 9.17) is 16.3 Å². The lowest BCUT2D eigenvalue weighted by atomic mass is 9.82. The van der Waals surface area contributed by atoms with Gasteiger partial charge in [0.25, 0.3) is 0 Å². The highest BCUT2D eigenvalue weighted by Gasteiger charge is 2.57. The molecule has 1 saturated heterocycles. The Morgan fingerprint density at radius 2 is 1.76 bits per heavy atom. The van der Waals surface area contributed by atoms with Crippen molar-refractivity contribution in [2.45, 2.75) is 29.7 Å². The van der Waals surface area contributed by atoms with Gasteiger partial charge in [0.15, 0.2) is 0 Å². The number of aromatic nitrogens is 1. The smallest absolute Gasteiger partial charge is 0.308 e. The van der Waals surface area contributed by atoms with Gasteiger partial charge in [0.2, 0.25) is 17.7 Å². The summed E-state index contributed by atoms with van der Waals surface area (Å²) in [5.74, 6) is -1.97. The van der Waals surface area contributed by atoms with E-state index in [2.05, 4.69) is 5.32 Å². The number of methoxy groups -OCH3 is 1. The minimum absolute atomic E-state index is 0.231. The molecule has 2 aliphatic heterocycles. The van der Waals surface area contributed by atoms with Crippen molar-refractivity contribution in [3.05, 3.63) is 103 Å². The van der Waals surface area contributed by atoms with Crippen LogP contribution in [-0.2, 0) is 20.9 Å². The Hall–Kier alpha value is -3.86. The van der Waals surface area contributed by atoms with E-state index in [9.17, 15) is 19.2 Å². The summed E-state index contributed by atoms with van der Waals surface area (Å²) in [6.45, 7) is 1.69. The van der Waals surface area contributed by atoms with Gasteiger partial charge in [-0.2, -0.15) is 0 Å². The van der Waals surface area contributed by atoms with Gasteiger partial charge in [-0.1, -0.05) is 65.0 Å². The normalized spacial score (nSPS) is 19.6. The fraction of sp³-hybridized carbons (Fsp3) is 0.200. The van der Waals surface area contributed by atoms with Gasteiger partial charge in [-0.3, -0.25) is 23.7 Å². The SMILES string of the molecule is COc1ccccc1C1c2sc(=O)n(CC(=O)Nc3cccc(C)c3)c2SC2C(=O)N(c3ccc(Cl)cc3)C(=O)C21. The summed E-state index contributed by atoms with van der Waals surface area (Å²) in [4.78, 5) is 55.7.